The fourth-order valence-corrected chi connectivity index (χ4v) is 10.2. The second-order valence-electron chi connectivity index (χ2n) is 16.1. The van der Waals surface area contributed by atoms with Crippen molar-refractivity contribution < 1.29 is 43.5 Å². The molecule has 4 heterocycles. The average Bonchev–Trinajstić information content (AvgIpc) is 3.44. The van der Waals surface area contributed by atoms with Crippen molar-refractivity contribution in [3.8, 4) is 0 Å². The van der Waals surface area contributed by atoms with Gasteiger partial charge in [-0.3, -0.25) is 14.6 Å². The zero-order valence-corrected chi connectivity index (χ0v) is 33.4. The quantitative estimate of drug-likeness (QED) is 0.339. The number of fused-ring (bicyclic) bond motifs is 1. The van der Waals surface area contributed by atoms with E-state index in [4.69, 9.17) is 23.7 Å². The SMILES string of the molecule is CC[C@H]1OC(=O)C(C)C(O)[C@H](C)[C@@H](O[C@@H]2O[C@H](C)C[C@H](N(C)C)[C@H]2O)[C@](C)(OC)CC(C)C(=O)C(C)[C@@H]2C(CSCc3ccncc3)CO[C@@]21C. The van der Waals surface area contributed by atoms with Crippen LogP contribution in [0.3, 0.4) is 0 Å². The number of hydrogen-bond acceptors (Lipinski definition) is 12. The van der Waals surface area contributed by atoms with Crippen molar-refractivity contribution in [2.45, 2.75) is 134 Å². The molecule has 11 nitrogen and oxygen atoms in total. The van der Waals surface area contributed by atoms with Crippen molar-refractivity contribution in [3.63, 3.8) is 0 Å². The number of cyclic esters (lactones) is 1. The summed E-state index contributed by atoms with van der Waals surface area (Å²) in [6.45, 7) is 15.6. The number of carbonyl (C=O) groups is 2. The predicted molar refractivity (Wildman–Crippen MR) is 197 cm³/mol. The summed E-state index contributed by atoms with van der Waals surface area (Å²) in [4.78, 5) is 34.6. The van der Waals surface area contributed by atoms with Crippen LogP contribution in [0.1, 0.15) is 80.2 Å². The highest BCUT2D eigenvalue weighted by molar-refractivity contribution is 7.98. The molecule has 0 amide bonds. The van der Waals surface area contributed by atoms with E-state index in [1.165, 1.54) is 5.56 Å². The van der Waals surface area contributed by atoms with Crippen LogP contribution in [0.5, 0.6) is 0 Å². The van der Waals surface area contributed by atoms with Crippen LogP contribution in [0.4, 0.5) is 0 Å². The highest BCUT2D eigenvalue weighted by Crippen LogP contribution is 2.48. The molecule has 0 aliphatic carbocycles. The molecule has 2 N–H and O–H groups in total. The highest BCUT2D eigenvalue weighted by Gasteiger charge is 2.57. The normalized spacial score (nSPS) is 43.1. The van der Waals surface area contributed by atoms with Crippen LogP contribution in [0, 0.1) is 35.5 Å². The van der Waals surface area contributed by atoms with Gasteiger partial charge in [0.15, 0.2) is 6.29 Å². The Morgan fingerprint density at radius 3 is 2.31 bits per heavy atom. The third-order valence-corrected chi connectivity index (χ3v) is 13.3. The highest BCUT2D eigenvalue weighted by atomic mass is 32.2. The number of aliphatic hydroxyl groups excluding tert-OH is 2. The third kappa shape index (κ3) is 9.19. The smallest absolute Gasteiger partial charge is 0.311 e. The van der Waals surface area contributed by atoms with E-state index in [1.807, 2.05) is 79.6 Å². The minimum atomic E-state index is -1.20. The molecule has 4 rings (SSSR count). The Balaban J connectivity index is 1.71. The Kier molecular flexibility index (Phi) is 14.6. The van der Waals surface area contributed by atoms with Gasteiger partial charge >= 0.3 is 5.97 Å². The molecule has 15 atom stereocenters. The Labute approximate surface area is 309 Å². The Morgan fingerprint density at radius 2 is 1.71 bits per heavy atom. The van der Waals surface area contributed by atoms with Gasteiger partial charge in [0, 0.05) is 55.0 Å². The van der Waals surface area contributed by atoms with Crippen LogP contribution in [-0.2, 0) is 39.0 Å². The van der Waals surface area contributed by atoms with Crippen molar-refractivity contribution in [1.29, 1.82) is 0 Å². The first-order valence-corrected chi connectivity index (χ1v) is 19.9. The molecule has 0 bridgehead atoms. The predicted octanol–water partition coefficient (Wildman–Crippen LogP) is 4.75. The standard InChI is InChI=1S/C39H64N2O9S/c1-12-30-39(8)31(28(19-47-39)21-51-20-27-13-15-40-16-14-27)24(4)32(42)22(2)18-38(7,46-11)35(25(5)33(43)26(6)36(45)49-30)50-37-34(44)29(41(9)10)17-23(3)48-37/h13-16,22-26,28-31,33-35,37,43-44H,12,17-21H2,1-11H3/t22?,23-,24?,25+,26?,28?,29+,30-,31-,33?,34-,35-,37+,38-,39-/m1/s1. The number of pyridine rings is 1. The molecule has 0 aromatic carbocycles. The summed E-state index contributed by atoms with van der Waals surface area (Å²) in [7, 11) is 5.39. The summed E-state index contributed by atoms with van der Waals surface area (Å²) in [6, 6.07) is 3.80. The maximum atomic E-state index is 14.6. The Morgan fingerprint density at radius 1 is 1.04 bits per heavy atom. The molecule has 3 aliphatic heterocycles. The van der Waals surface area contributed by atoms with Crippen molar-refractivity contribution in [3.05, 3.63) is 30.1 Å². The molecule has 12 heteroatoms. The van der Waals surface area contributed by atoms with E-state index >= 15 is 0 Å². The van der Waals surface area contributed by atoms with Crippen molar-refractivity contribution in [2.75, 3.05) is 33.6 Å². The van der Waals surface area contributed by atoms with E-state index in [1.54, 1.807) is 38.2 Å². The van der Waals surface area contributed by atoms with Crippen LogP contribution < -0.4 is 0 Å². The van der Waals surface area contributed by atoms with Gasteiger partial charge in [0.05, 0.1) is 36.4 Å². The molecule has 3 fully saturated rings. The van der Waals surface area contributed by atoms with E-state index in [0.29, 0.717) is 19.4 Å². The number of aliphatic hydroxyl groups is 2. The third-order valence-electron chi connectivity index (χ3n) is 12.1. The van der Waals surface area contributed by atoms with E-state index in [2.05, 4.69) is 4.98 Å². The molecule has 3 aliphatic rings. The first-order chi connectivity index (χ1) is 24.0. The summed E-state index contributed by atoms with van der Waals surface area (Å²) >= 11 is 1.80. The van der Waals surface area contributed by atoms with Crippen LogP contribution in [0.15, 0.2) is 24.5 Å². The van der Waals surface area contributed by atoms with E-state index in [0.717, 1.165) is 11.5 Å². The molecule has 0 radical (unpaired) electrons. The maximum absolute atomic E-state index is 14.6. The number of rotatable bonds is 9. The lowest BCUT2D eigenvalue weighted by Gasteiger charge is -2.48. The fourth-order valence-electron chi connectivity index (χ4n) is 9.03. The summed E-state index contributed by atoms with van der Waals surface area (Å²) in [5.41, 5.74) is -0.844. The maximum Gasteiger partial charge on any atom is 0.311 e. The summed E-state index contributed by atoms with van der Waals surface area (Å²) in [5.74, 6) is -1.55. The zero-order chi connectivity index (χ0) is 37.8. The molecular weight excluding hydrogens is 673 g/mol. The molecule has 5 unspecified atom stereocenters. The number of esters is 1. The minimum Gasteiger partial charge on any atom is -0.459 e. The van der Waals surface area contributed by atoms with Gasteiger partial charge in [0.1, 0.15) is 23.6 Å². The summed E-state index contributed by atoms with van der Waals surface area (Å²) < 4.78 is 32.0. The Bertz CT molecular complexity index is 1290. The van der Waals surface area contributed by atoms with Gasteiger partial charge in [-0.05, 0) is 90.4 Å². The zero-order valence-electron chi connectivity index (χ0n) is 32.6. The lowest BCUT2D eigenvalue weighted by molar-refractivity contribution is -0.301. The molecule has 3 saturated heterocycles. The van der Waals surface area contributed by atoms with Gasteiger partial charge in [-0.25, -0.2) is 0 Å². The fraction of sp³-hybridized carbons (Fsp3) is 0.821. The van der Waals surface area contributed by atoms with Crippen LogP contribution in [0.2, 0.25) is 0 Å². The number of methoxy groups -OCH3 is 1. The first-order valence-electron chi connectivity index (χ1n) is 18.7. The van der Waals surface area contributed by atoms with Crippen LogP contribution in [-0.4, -0.2) is 119 Å². The minimum absolute atomic E-state index is 0.0399. The lowest BCUT2D eigenvalue weighted by atomic mass is 9.67. The summed E-state index contributed by atoms with van der Waals surface area (Å²) in [5, 5.41) is 23.3. The van der Waals surface area contributed by atoms with Crippen molar-refractivity contribution >= 4 is 23.5 Å². The average molecular weight is 737 g/mol. The number of ether oxygens (including phenoxy) is 5. The largest absolute Gasteiger partial charge is 0.459 e. The van der Waals surface area contributed by atoms with Gasteiger partial charge in [-0.15, -0.1) is 0 Å². The molecule has 51 heavy (non-hydrogen) atoms. The number of likely N-dealkylation sites (N-methyl/N-ethyl adjacent to an activating group) is 1. The van der Waals surface area contributed by atoms with Gasteiger partial charge < -0.3 is 38.8 Å². The number of ketones is 1. The first kappa shape index (κ1) is 42.1. The number of carbonyl (C=O) groups excluding carboxylic acids is 2. The van der Waals surface area contributed by atoms with E-state index in [9.17, 15) is 19.8 Å². The molecule has 1 aromatic heterocycles. The Hall–Kier alpha value is -1.64. The molecule has 290 valence electrons. The van der Waals surface area contributed by atoms with Crippen LogP contribution >= 0.6 is 11.8 Å². The molecule has 0 saturated carbocycles. The van der Waals surface area contributed by atoms with Gasteiger partial charge in [-0.2, -0.15) is 11.8 Å². The van der Waals surface area contributed by atoms with Gasteiger partial charge in [-0.1, -0.05) is 27.7 Å². The molecular formula is C39H64N2O9S. The molecule has 0 spiro atoms. The molecule has 1 aromatic rings. The topological polar surface area (TPSA) is 137 Å². The number of aromatic nitrogens is 1. The van der Waals surface area contributed by atoms with Crippen LogP contribution in [0.25, 0.3) is 0 Å². The number of nitrogens with zero attached hydrogens (tertiary/aromatic N) is 2. The van der Waals surface area contributed by atoms with Gasteiger partial charge in [0.25, 0.3) is 0 Å². The monoisotopic (exact) mass is 736 g/mol. The van der Waals surface area contributed by atoms with Crippen molar-refractivity contribution in [1.82, 2.24) is 9.88 Å². The van der Waals surface area contributed by atoms with E-state index in [-0.39, 0.29) is 36.2 Å². The van der Waals surface area contributed by atoms with E-state index < -0.39 is 71.5 Å². The second-order valence-corrected chi connectivity index (χ2v) is 17.1. The van der Waals surface area contributed by atoms with Crippen molar-refractivity contribution in [2.24, 2.45) is 35.5 Å². The second kappa shape index (κ2) is 17.7. The number of thioether (sulfide) groups is 1. The number of Topliss-reactive ketones (excluding diaryl/α,β-unsaturated/α-hetero) is 1. The lowest BCUT2D eigenvalue weighted by Crippen LogP contribution is -2.60. The van der Waals surface area contributed by atoms with Gasteiger partial charge in [0.2, 0.25) is 0 Å². The summed E-state index contributed by atoms with van der Waals surface area (Å²) in [6.07, 6.45) is 0.0834. The number of hydrogen-bond donors (Lipinski definition) is 2.